The maximum Gasteiger partial charge on any atom is 0.262 e. The molecule has 1 heterocycles. The van der Waals surface area contributed by atoms with Crippen LogP contribution in [0.25, 0.3) is 0 Å². The monoisotopic (exact) mass is 230 g/mol. The van der Waals surface area contributed by atoms with Crippen LogP contribution in [0.2, 0.25) is 0 Å². The lowest BCUT2D eigenvalue weighted by molar-refractivity contribution is -0.117. The van der Waals surface area contributed by atoms with Crippen molar-refractivity contribution >= 4 is 28.8 Å². The van der Waals surface area contributed by atoms with E-state index in [1.165, 1.54) is 0 Å². The van der Waals surface area contributed by atoms with Crippen molar-refractivity contribution in [1.29, 1.82) is 0 Å². The Morgan fingerprint density at radius 1 is 1.79 bits per heavy atom. The number of nitrogens with one attached hydrogen (secondary N) is 1. The lowest BCUT2D eigenvalue weighted by atomic mass is 10.3. The van der Waals surface area contributed by atoms with Crippen molar-refractivity contribution in [1.82, 2.24) is 10.3 Å². The summed E-state index contributed by atoms with van der Waals surface area (Å²) in [7, 11) is 0. The molecule has 0 radical (unpaired) electrons. The smallest absolute Gasteiger partial charge is 0.262 e. The maximum atomic E-state index is 11.2. The number of carbonyl (C=O) groups excluding carboxylic acids is 1. The number of amides is 1. The number of hydrogen-bond donors (Lipinski definition) is 1. The summed E-state index contributed by atoms with van der Waals surface area (Å²) >= 11 is 6.99. The van der Waals surface area contributed by atoms with Crippen LogP contribution < -0.4 is 5.32 Å². The first kappa shape index (κ1) is 11.2. The Balaban J connectivity index is 2.63. The van der Waals surface area contributed by atoms with Crippen molar-refractivity contribution in [2.24, 2.45) is 0 Å². The first-order valence-electron chi connectivity index (χ1n) is 4.08. The van der Waals surface area contributed by atoms with E-state index in [1.807, 2.05) is 13.8 Å². The van der Waals surface area contributed by atoms with Crippen LogP contribution in [-0.2, 0) is 4.79 Å². The molecule has 1 amide bonds. The minimum Gasteiger partial charge on any atom is -0.342 e. The number of halogens is 1. The molecular formula is C9H11ClN2OS. The fourth-order valence-corrected chi connectivity index (χ4v) is 1.74. The summed E-state index contributed by atoms with van der Waals surface area (Å²) in [5.41, 5.74) is 0. The highest BCUT2D eigenvalue weighted by Gasteiger charge is 2.13. The molecule has 0 bridgehead atoms. The third-order valence-corrected chi connectivity index (χ3v) is 2.87. The highest BCUT2D eigenvalue weighted by atomic mass is 35.5. The minimum absolute atomic E-state index is 0.00914. The number of aromatic nitrogens is 1. The maximum absolute atomic E-state index is 11.2. The Kier molecular flexibility index (Phi) is 3.66. The summed E-state index contributed by atoms with van der Waals surface area (Å²) in [5, 5.41) is 3.55. The van der Waals surface area contributed by atoms with Crippen molar-refractivity contribution in [3.05, 3.63) is 27.7 Å². The standard InChI is InChI=1S/C9H11ClN2OS/c1-5-4-11-9(14-5)7(3)12-8(13)6(2)10/h4,7H,2H2,1,3H3,(H,12,13). The molecule has 0 spiro atoms. The molecule has 76 valence electrons. The lowest BCUT2D eigenvalue weighted by Crippen LogP contribution is -2.26. The molecule has 0 aromatic carbocycles. The van der Waals surface area contributed by atoms with Gasteiger partial charge in [-0.3, -0.25) is 4.79 Å². The molecule has 14 heavy (non-hydrogen) atoms. The number of nitrogens with zero attached hydrogens (tertiary/aromatic N) is 1. The molecule has 1 rings (SSSR count). The highest BCUT2D eigenvalue weighted by molar-refractivity contribution is 7.11. The Hall–Kier alpha value is -0.870. The zero-order valence-electron chi connectivity index (χ0n) is 8.00. The summed E-state index contributed by atoms with van der Waals surface area (Å²) in [6, 6.07) is -0.128. The normalized spacial score (nSPS) is 12.2. The van der Waals surface area contributed by atoms with Gasteiger partial charge in [-0.1, -0.05) is 18.2 Å². The van der Waals surface area contributed by atoms with E-state index in [-0.39, 0.29) is 17.0 Å². The van der Waals surface area contributed by atoms with Gasteiger partial charge in [0.2, 0.25) is 0 Å². The SMILES string of the molecule is C=C(Cl)C(=O)NC(C)c1ncc(C)s1. The molecule has 0 saturated carbocycles. The van der Waals surface area contributed by atoms with Crippen LogP contribution in [0.3, 0.4) is 0 Å². The topological polar surface area (TPSA) is 42.0 Å². The molecule has 5 heteroatoms. The zero-order chi connectivity index (χ0) is 10.7. The van der Waals surface area contributed by atoms with Gasteiger partial charge in [-0.2, -0.15) is 0 Å². The average Bonchev–Trinajstić information content (AvgIpc) is 2.51. The van der Waals surface area contributed by atoms with Gasteiger partial charge in [-0.15, -0.1) is 11.3 Å². The molecule has 1 aromatic heterocycles. The van der Waals surface area contributed by atoms with E-state index >= 15 is 0 Å². The van der Waals surface area contributed by atoms with Gasteiger partial charge in [0.1, 0.15) is 5.01 Å². The summed E-state index contributed by atoms with van der Waals surface area (Å²) in [6.45, 7) is 7.17. The summed E-state index contributed by atoms with van der Waals surface area (Å²) in [5.74, 6) is -0.355. The van der Waals surface area contributed by atoms with Crippen LogP contribution in [0.5, 0.6) is 0 Å². The second-order valence-corrected chi connectivity index (χ2v) is 4.63. The lowest BCUT2D eigenvalue weighted by Gasteiger charge is -2.09. The number of aryl methyl sites for hydroxylation is 1. The van der Waals surface area contributed by atoms with Crippen molar-refractivity contribution < 1.29 is 4.79 Å². The Bertz CT molecular complexity index is 361. The third-order valence-electron chi connectivity index (χ3n) is 1.60. The predicted molar refractivity (Wildman–Crippen MR) is 58.4 cm³/mol. The molecule has 0 aliphatic heterocycles. The van der Waals surface area contributed by atoms with Crippen LogP contribution in [-0.4, -0.2) is 10.9 Å². The summed E-state index contributed by atoms with van der Waals surface area (Å²) in [4.78, 5) is 16.4. The van der Waals surface area contributed by atoms with E-state index in [1.54, 1.807) is 17.5 Å². The predicted octanol–water partition coefficient (Wildman–Crippen LogP) is 2.38. The molecule has 0 saturated heterocycles. The fraction of sp³-hybridized carbons (Fsp3) is 0.333. The van der Waals surface area contributed by atoms with Crippen molar-refractivity contribution in [3.63, 3.8) is 0 Å². The van der Waals surface area contributed by atoms with E-state index in [0.717, 1.165) is 9.88 Å². The largest absolute Gasteiger partial charge is 0.342 e. The van der Waals surface area contributed by atoms with E-state index < -0.39 is 0 Å². The van der Waals surface area contributed by atoms with Crippen LogP contribution >= 0.6 is 22.9 Å². The molecule has 0 fully saturated rings. The van der Waals surface area contributed by atoms with Gasteiger partial charge in [-0.25, -0.2) is 4.98 Å². The second kappa shape index (κ2) is 4.57. The second-order valence-electron chi connectivity index (χ2n) is 2.91. The van der Waals surface area contributed by atoms with Crippen LogP contribution in [0, 0.1) is 6.92 Å². The summed E-state index contributed by atoms with van der Waals surface area (Å²) < 4.78 is 0. The fourth-order valence-electron chi connectivity index (χ4n) is 0.909. The first-order valence-corrected chi connectivity index (χ1v) is 5.27. The van der Waals surface area contributed by atoms with Crippen molar-refractivity contribution in [2.75, 3.05) is 0 Å². The van der Waals surface area contributed by atoms with Gasteiger partial charge in [0.05, 0.1) is 11.1 Å². The van der Waals surface area contributed by atoms with Gasteiger partial charge in [-0.05, 0) is 13.8 Å². The third kappa shape index (κ3) is 2.82. The number of carbonyl (C=O) groups is 1. The van der Waals surface area contributed by atoms with E-state index in [2.05, 4.69) is 16.9 Å². The molecular weight excluding hydrogens is 220 g/mol. The van der Waals surface area contributed by atoms with Crippen LogP contribution in [0.4, 0.5) is 0 Å². The first-order chi connectivity index (χ1) is 6.50. The summed E-state index contributed by atoms with van der Waals surface area (Å²) in [6.07, 6.45) is 1.78. The van der Waals surface area contributed by atoms with Crippen molar-refractivity contribution in [2.45, 2.75) is 19.9 Å². The molecule has 1 N–H and O–H groups in total. The van der Waals surface area contributed by atoms with E-state index in [4.69, 9.17) is 11.6 Å². The molecule has 0 aliphatic carbocycles. The average molecular weight is 231 g/mol. The Morgan fingerprint density at radius 3 is 2.86 bits per heavy atom. The number of rotatable bonds is 3. The van der Waals surface area contributed by atoms with Gasteiger partial charge < -0.3 is 5.32 Å². The quantitative estimate of drug-likeness (QED) is 0.811. The van der Waals surface area contributed by atoms with Gasteiger partial charge >= 0.3 is 0 Å². The number of thiazole rings is 1. The van der Waals surface area contributed by atoms with Crippen LogP contribution in [0.15, 0.2) is 17.8 Å². The molecule has 1 atom stereocenters. The zero-order valence-corrected chi connectivity index (χ0v) is 9.58. The molecule has 3 nitrogen and oxygen atoms in total. The van der Waals surface area contributed by atoms with Gasteiger partial charge in [0.25, 0.3) is 5.91 Å². The van der Waals surface area contributed by atoms with E-state index in [0.29, 0.717) is 0 Å². The van der Waals surface area contributed by atoms with E-state index in [9.17, 15) is 4.79 Å². The van der Waals surface area contributed by atoms with Gasteiger partial charge in [0, 0.05) is 11.1 Å². The van der Waals surface area contributed by atoms with Gasteiger partial charge in [0.15, 0.2) is 0 Å². The van der Waals surface area contributed by atoms with Crippen molar-refractivity contribution in [3.8, 4) is 0 Å². The molecule has 1 aromatic rings. The Morgan fingerprint density at radius 2 is 2.43 bits per heavy atom. The number of hydrogen-bond acceptors (Lipinski definition) is 3. The molecule has 1 unspecified atom stereocenters. The molecule has 0 aliphatic rings. The van der Waals surface area contributed by atoms with Crippen LogP contribution in [0.1, 0.15) is 22.9 Å². The Labute approximate surface area is 91.8 Å². The highest BCUT2D eigenvalue weighted by Crippen LogP contribution is 2.19. The minimum atomic E-state index is -0.355.